The minimum absolute atomic E-state index is 0.0369. The number of hydrogen-bond donors (Lipinski definition) is 0. The fourth-order valence-electron chi connectivity index (χ4n) is 3.26. The first-order valence-electron chi connectivity index (χ1n) is 9.18. The molecule has 3 aromatic rings. The molecule has 0 spiro atoms. The molecule has 3 heterocycles. The summed E-state index contributed by atoms with van der Waals surface area (Å²) in [5.41, 5.74) is 0.223. The number of aromatic nitrogens is 2. The minimum atomic E-state index is -3.83. The fourth-order valence-corrected chi connectivity index (χ4v) is 4.92. The Kier molecular flexibility index (Phi) is 5.37. The number of hydrogen-bond acceptors (Lipinski definition) is 9. The quantitative estimate of drug-likeness (QED) is 0.422. The van der Waals surface area contributed by atoms with E-state index >= 15 is 0 Å². The molecule has 1 fully saturated rings. The third-order valence-corrected chi connectivity index (χ3v) is 6.93. The van der Waals surface area contributed by atoms with Gasteiger partial charge >= 0.3 is 0 Å². The van der Waals surface area contributed by atoms with E-state index in [4.69, 9.17) is 8.83 Å². The summed E-state index contributed by atoms with van der Waals surface area (Å²) in [6.45, 7) is 3.45. The third-order valence-electron chi connectivity index (χ3n) is 4.89. The number of non-ortho nitro benzene ring substituents is 1. The van der Waals surface area contributed by atoms with Gasteiger partial charge in [-0.05, 0) is 24.6 Å². The second-order valence-electron chi connectivity index (χ2n) is 6.87. The lowest BCUT2D eigenvalue weighted by Gasteiger charge is -2.33. The first kappa shape index (κ1) is 20.2. The van der Waals surface area contributed by atoms with Crippen LogP contribution in [-0.4, -0.2) is 58.9 Å². The van der Waals surface area contributed by atoms with Crippen LogP contribution < -0.4 is 0 Å². The summed E-state index contributed by atoms with van der Waals surface area (Å²) in [5.74, 6) is 1.18. The van der Waals surface area contributed by atoms with Gasteiger partial charge in [-0.1, -0.05) is 6.07 Å². The Bertz CT molecular complexity index is 1150. The van der Waals surface area contributed by atoms with Crippen LogP contribution in [0, 0.1) is 17.0 Å². The molecule has 0 bridgehead atoms. The van der Waals surface area contributed by atoms with E-state index in [0.29, 0.717) is 36.8 Å². The van der Waals surface area contributed by atoms with Crippen LogP contribution in [0.25, 0.3) is 11.7 Å². The lowest BCUT2D eigenvalue weighted by molar-refractivity contribution is -0.385. The number of aryl methyl sites for hydroxylation is 1. The maximum atomic E-state index is 13.0. The molecule has 0 radical (unpaired) electrons. The molecule has 158 valence electrons. The highest BCUT2D eigenvalue weighted by Crippen LogP contribution is 2.26. The summed E-state index contributed by atoms with van der Waals surface area (Å²) >= 11 is 0. The molecule has 0 atom stereocenters. The Hall–Kier alpha value is -3.09. The van der Waals surface area contributed by atoms with Crippen LogP contribution >= 0.6 is 0 Å². The standard InChI is InChI=1S/C18H19N5O6S/c1-13-4-5-14(23(24)25)11-16(13)30(26,27)22-8-6-21(7-9-22)12-17-19-20-18(29-17)15-3-2-10-28-15/h2-5,10-11H,6-9,12H2,1H3. The molecular weight excluding hydrogens is 414 g/mol. The van der Waals surface area contributed by atoms with Crippen LogP contribution in [0.15, 0.2) is 50.3 Å². The van der Waals surface area contributed by atoms with E-state index in [1.807, 2.05) is 4.90 Å². The van der Waals surface area contributed by atoms with Gasteiger partial charge in [0.25, 0.3) is 11.6 Å². The fraction of sp³-hybridized carbons (Fsp3) is 0.333. The molecule has 0 amide bonds. The zero-order valence-corrected chi connectivity index (χ0v) is 16.9. The summed E-state index contributed by atoms with van der Waals surface area (Å²) in [7, 11) is -3.83. The smallest absolute Gasteiger partial charge is 0.283 e. The lowest BCUT2D eigenvalue weighted by Crippen LogP contribution is -2.48. The Morgan fingerprint density at radius 1 is 1.17 bits per heavy atom. The predicted molar refractivity (Wildman–Crippen MR) is 104 cm³/mol. The number of nitrogens with zero attached hydrogens (tertiary/aromatic N) is 5. The van der Waals surface area contributed by atoms with Gasteiger partial charge in [0.2, 0.25) is 15.9 Å². The van der Waals surface area contributed by atoms with Crippen LogP contribution in [0.1, 0.15) is 11.5 Å². The number of nitro benzene ring substituents is 1. The number of piperazine rings is 1. The van der Waals surface area contributed by atoms with Crippen molar-refractivity contribution in [3.8, 4) is 11.7 Å². The highest BCUT2D eigenvalue weighted by Gasteiger charge is 2.31. The highest BCUT2D eigenvalue weighted by molar-refractivity contribution is 7.89. The van der Waals surface area contributed by atoms with E-state index in [9.17, 15) is 18.5 Å². The zero-order valence-electron chi connectivity index (χ0n) is 16.1. The molecule has 1 aliphatic heterocycles. The molecule has 12 heteroatoms. The Labute approximate surface area is 172 Å². The van der Waals surface area contributed by atoms with Crippen molar-refractivity contribution in [1.82, 2.24) is 19.4 Å². The number of nitro groups is 1. The summed E-state index contributed by atoms with van der Waals surface area (Å²) in [4.78, 5) is 12.4. The van der Waals surface area contributed by atoms with Crippen molar-refractivity contribution >= 4 is 15.7 Å². The molecular formula is C18H19N5O6S. The Morgan fingerprint density at radius 3 is 2.60 bits per heavy atom. The monoisotopic (exact) mass is 433 g/mol. The molecule has 0 unspecified atom stereocenters. The minimum Gasteiger partial charge on any atom is -0.459 e. The summed E-state index contributed by atoms with van der Waals surface area (Å²) in [6, 6.07) is 7.31. The average molecular weight is 433 g/mol. The Morgan fingerprint density at radius 2 is 1.93 bits per heavy atom. The third kappa shape index (κ3) is 3.97. The van der Waals surface area contributed by atoms with Gasteiger partial charge in [0.1, 0.15) is 0 Å². The van der Waals surface area contributed by atoms with Crippen LogP contribution in [0.5, 0.6) is 0 Å². The van der Waals surface area contributed by atoms with Gasteiger partial charge in [0.05, 0.1) is 22.6 Å². The molecule has 4 rings (SSSR count). The number of benzene rings is 1. The van der Waals surface area contributed by atoms with Crippen molar-refractivity contribution in [3.05, 3.63) is 58.2 Å². The van der Waals surface area contributed by atoms with Crippen LogP contribution in [0.2, 0.25) is 0 Å². The lowest BCUT2D eigenvalue weighted by atomic mass is 10.2. The first-order valence-corrected chi connectivity index (χ1v) is 10.6. The topological polar surface area (TPSA) is 136 Å². The van der Waals surface area contributed by atoms with E-state index in [1.165, 1.54) is 22.7 Å². The molecule has 1 aromatic carbocycles. The second-order valence-corrected chi connectivity index (χ2v) is 8.77. The summed E-state index contributed by atoms with van der Waals surface area (Å²) in [6.07, 6.45) is 1.52. The Balaban J connectivity index is 1.42. The molecule has 0 aliphatic carbocycles. The van der Waals surface area contributed by atoms with E-state index in [0.717, 1.165) is 6.07 Å². The average Bonchev–Trinajstić information content (AvgIpc) is 3.40. The van der Waals surface area contributed by atoms with Crippen molar-refractivity contribution in [2.24, 2.45) is 0 Å². The van der Waals surface area contributed by atoms with Gasteiger partial charge < -0.3 is 8.83 Å². The molecule has 2 aromatic heterocycles. The highest BCUT2D eigenvalue weighted by atomic mass is 32.2. The number of sulfonamides is 1. The summed E-state index contributed by atoms with van der Waals surface area (Å²) < 4.78 is 38.2. The van der Waals surface area contributed by atoms with Crippen LogP contribution in [0.3, 0.4) is 0 Å². The molecule has 1 saturated heterocycles. The van der Waals surface area contributed by atoms with Gasteiger partial charge in [-0.25, -0.2) is 8.42 Å². The molecule has 1 aliphatic rings. The molecule has 30 heavy (non-hydrogen) atoms. The molecule has 11 nitrogen and oxygen atoms in total. The van der Waals surface area contributed by atoms with E-state index < -0.39 is 14.9 Å². The van der Waals surface area contributed by atoms with Crippen molar-refractivity contribution in [2.45, 2.75) is 18.4 Å². The van der Waals surface area contributed by atoms with Crippen LogP contribution in [-0.2, 0) is 16.6 Å². The summed E-state index contributed by atoms with van der Waals surface area (Å²) in [5, 5.41) is 19.0. The molecule has 0 saturated carbocycles. The molecule has 0 N–H and O–H groups in total. The normalized spacial score (nSPS) is 16.0. The van der Waals surface area contributed by atoms with E-state index in [2.05, 4.69) is 10.2 Å². The maximum Gasteiger partial charge on any atom is 0.283 e. The van der Waals surface area contributed by atoms with Gasteiger partial charge in [0.15, 0.2) is 5.76 Å². The van der Waals surface area contributed by atoms with Crippen molar-refractivity contribution in [3.63, 3.8) is 0 Å². The van der Waals surface area contributed by atoms with Gasteiger partial charge in [-0.15, -0.1) is 10.2 Å². The number of furan rings is 1. The van der Waals surface area contributed by atoms with E-state index in [-0.39, 0.29) is 29.6 Å². The van der Waals surface area contributed by atoms with Gasteiger partial charge in [-0.2, -0.15) is 4.31 Å². The van der Waals surface area contributed by atoms with Gasteiger partial charge in [-0.3, -0.25) is 15.0 Å². The zero-order chi connectivity index (χ0) is 21.3. The van der Waals surface area contributed by atoms with Crippen molar-refractivity contribution in [1.29, 1.82) is 0 Å². The largest absolute Gasteiger partial charge is 0.459 e. The van der Waals surface area contributed by atoms with Crippen molar-refractivity contribution in [2.75, 3.05) is 26.2 Å². The van der Waals surface area contributed by atoms with E-state index in [1.54, 1.807) is 19.1 Å². The second kappa shape index (κ2) is 7.97. The first-order chi connectivity index (χ1) is 14.3. The van der Waals surface area contributed by atoms with Crippen molar-refractivity contribution < 1.29 is 22.2 Å². The SMILES string of the molecule is Cc1ccc([N+](=O)[O-])cc1S(=O)(=O)N1CCN(Cc2nnc(-c3ccco3)o2)CC1. The number of rotatable bonds is 6. The predicted octanol–water partition coefficient (Wildman–Crippen LogP) is 2.05. The maximum absolute atomic E-state index is 13.0. The van der Waals surface area contributed by atoms with Gasteiger partial charge in [0, 0.05) is 38.3 Å². The van der Waals surface area contributed by atoms with Crippen LogP contribution in [0.4, 0.5) is 5.69 Å².